The number of carbonyl (C=O) groups is 1. The molecule has 2 unspecified atom stereocenters. The van der Waals surface area contributed by atoms with E-state index >= 15 is 0 Å². The predicted molar refractivity (Wildman–Crippen MR) is 163 cm³/mol. The normalized spacial score (nSPS) is 17.0. The molecule has 44 heavy (non-hydrogen) atoms. The fraction of sp³-hybridized carbons (Fsp3) is 0.314. The van der Waals surface area contributed by atoms with Crippen LogP contribution in [0, 0.1) is 13.8 Å². The molecule has 4 heterocycles. The van der Waals surface area contributed by atoms with Gasteiger partial charge in [0, 0.05) is 42.8 Å². The minimum absolute atomic E-state index is 0.307. The molecule has 0 aliphatic carbocycles. The van der Waals surface area contributed by atoms with Crippen LogP contribution in [0.5, 0.6) is 5.88 Å². The summed E-state index contributed by atoms with van der Waals surface area (Å²) in [5.41, 5.74) is 3.05. The van der Waals surface area contributed by atoms with Crippen molar-refractivity contribution in [1.29, 1.82) is 0 Å². The molecule has 0 saturated carbocycles. The molecule has 1 aliphatic heterocycles. The van der Waals surface area contributed by atoms with Gasteiger partial charge in [-0.3, -0.25) is 0 Å². The molecule has 9 nitrogen and oxygen atoms in total. The van der Waals surface area contributed by atoms with E-state index in [1.807, 2.05) is 80.6 Å². The van der Waals surface area contributed by atoms with E-state index in [1.54, 1.807) is 19.2 Å². The Kier molecular flexibility index (Phi) is 8.56. The van der Waals surface area contributed by atoms with Gasteiger partial charge in [0.15, 0.2) is 11.7 Å². The zero-order chi connectivity index (χ0) is 30.5. The molecule has 6 rings (SSSR count). The molecule has 0 spiro atoms. The Morgan fingerprint density at radius 2 is 1.59 bits per heavy atom. The first-order valence-electron chi connectivity index (χ1n) is 14.9. The van der Waals surface area contributed by atoms with Crippen LogP contribution in [0.3, 0.4) is 0 Å². The quantitative estimate of drug-likeness (QED) is 0.149. The zero-order valence-corrected chi connectivity index (χ0v) is 25.1. The van der Waals surface area contributed by atoms with Crippen molar-refractivity contribution < 1.29 is 27.8 Å². The zero-order valence-electron chi connectivity index (χ0n) is 25.1. The number of oxazole rings is 2. The van der Waals surface area contributed by atoms with Crippen molar-refractivity contribution in [1.82, 2.24) is 15.0 Å². The number of aromatic nitrogens is 3. The number of nitrogens with zero attached hydrogens (tertiary/aromatic N) is 3. The summed E-state index contributed by atoms with van der Waals surface area (Å²) < 4.78 is 29.9. The van der Waals surface area contributed by atoms with E-state index in [0.717, 1.165) is 28.8 Å². The summed E-state index contributed by atoms with van der Waals surface area (Å²) in [6, 6.07) is 23.2. The highest BCUT2D eigenvalue weighted by molar-refractivity contribution is 5.80. The van der Waals surface area contributed by atoms with Crippen LogP contribution < -0.4 is 4.74 Å². The van der Waals surface area contributed by atoms with Gasteiger partial charge in [-0.05, 0) is 63.4 Å². The van der Waals surface area contributed by atoms with Gasteiger partial charge in [-0.1, -0.05) is 42.5 Å². The second kappa shape index (κ2) is 12.9. The number of aryl methyl sites for hydroxylation is 2. The van der Waals surface area contributed by atoms with Crippen molar-refractivity contribution in [2.45, 2.75) is 58.2 Å². The molecule has 226 valence electrons. The van der Waals surface area contributed by atoms with E-state index in [2.05, 4.69) is 4.98 Å². The van der Waals surface area contributed by atoms with Gasteiger partial charge in [-0.2, -0.15) is 0 Å². The molecule has 0 radical (unpaired) electrons. The third kappa shape index (κ3) is 6.28. The molecule has 0 bridgehead atoms. The van der Waals surface area contributed by atoms with Gasteiger partial charge in [0.2, 0.25) is 17.7 Å². The van der Waals surface area contributed by atoms with Crippen LogP contribution in [0.1, 0.15) is 54.3 Å². The Hall–Kier alpha value is -4.76. The molecule has 1 fully saturated rings. The number of hydrogen-bond acceptors (Lipinski definition) is 9. The number of ether oxygens (including phenoxy) is 3. The molecule has 2 atom stereocenters. The smallest absolute Gasteiger partial charge is 0.338 e. The average Bonchev–Trinajstić information content (AvgIpc) is 3.78. The predicted octanol–water partition coefficient (Wildman–Crippen LogP) is 7.03. The SMILES string of the molecule is CCOC(=O)C1(Cc2ccc(OC(Cc3nc(-c4ccccc4)oc3C)c3nc(-c4ccccc4)oc3C)nc2)CCCO1. The summed E-state index contributed by atoms with van der Waals surface area (Å²) in [5.74, 6) is 2.48. The lowest BCUT2D eigenvalue weighted by Gasteiger charge is -2.26. The summed E-state index contributed by atoms with van der Waals surface area (Å²) in [6.07, 6.45) is 3.34. The third-order valence-corrected chi connectivity index (χ3v) is 7.75. The molecule has 0 N–H and O–H groups in total. The highest BCUT2D eigenvalue weighted by Gasteiger charge is 2.44. The van der Waals surface area contributed by atoms with Crippen LogP contribution in [-0.4, -0.2) is 39.7 Å². The van der Waals surface area contributed by atoms with Crippen LogP contribution in [0.2, 0.25) is 0 Å². The van der Waals surface area contributed by atoms with E-state index in [-0.39, 0.29) is 5.97 Å². The van der Waals surface area contributed by atoms with Gasteiger partial charge >= 0.3 is 5.97 Å². The van der Waals surface area contributed by atoms with Gasteiger partial charge in [0.25, 0.3) is 0 Å². The fourth-order valence-corrected chi connectivity index (χ4v) is 5.50. The van der Waals surface area contributed by atoms with Crippen molar-refractivity contribution in [3.63, 3.8) is 0 Å². The van der Waals surface area contributed by atoms with Crippen LogP contribution in [-0.2, 0) is 27.1 Å². The molecular formula is C35H35N3O6. The summed E-state index contributed by atoms with van der Waals surface area (Å²) in [5, 5.41) is 0. The Labute approximate surface area is 256 Å². The van der Waals surface area contributed by atoms with Crippen molar-refractivity contribution in [3.05, 3.63) is 107 Å². The molecule has 2 aromatic carbocycles. The molecular weight excluding hydrogens is 558 g/mol. The van der Waals surface area contributed by atoms with E-state index < -0.39 is 11.7 Å². The molecule has 1 aliphatic rings. The largest absolute Gasteiger partial charge is 0.467 e. The van der Waals surface area contributed by atoms with Crippen LogP contribution in [0.15, 0.2) is 87.8 Å². The second-order valence-corrected chi connectivity index (χ2v) is 10.9. The Bertz CT molecular complexity index is 1690. The maximum Gasteiger partial charge on any atom is 0.338 e. The number of hydrogen-bond donors (Lipinski definition) is 0. The monoisotopic (exact) mass is 593 g/mol. The number of rotatable bonds is 11. The molecule has 9 heteroatoms. The third-order valence-electron chi connectivity index (χ3n) is 7.75. The van der Waals surface area contributed by atoms with Gasteiger partial charge in [0.05, 0.1) is 12.3 Å². The topological polar surface area (TPSA) is 110 Å². The summed E-state index contributed by atoms with van der Waals surface area (Å²) in [6.45, 7) is 6.41. The lowest BCUT2D eigenvalue weighted by molar-refractivity contribution is -0.166. The maximum atomic E-state index is 12.7. The second-order valence-electron chi connectivity index (χ2n) is 10.9. The average molecular weight is 594 g/mol. The highest BCUT2D eigenvalue weighted by Crippen LogP contribution is 2.34. The Morgan fingerprint density at radius 3 is 2.20 bits per heavy atom. The summed E-state index contributed by atoms with van der Waals surface area (Å²) in [7, 11) is 0. The van der Waals surface area contributed by atoms with Gasteiger partial charge in [0.1, 0.15) is 17.2 Å². The number of pyridine rings is 1. The van der Waals surface area contributed by atoms with E-state index in [1.165, 1.54) is 0 Å². The Morgan fingerprint density at radius 1 is 0.909 bits per heavy atom. The van der Waals surface area contributed by atoms with E-state index in [4.69, 9.17) is 33.0 Å². The fourth-order valence-electron chi connectivity index (χ4n) is 5.50. The van der Waals surface area contributed by atoms with Gasteiger partial charge < -0.3 is 23.0 Å². The molecule has 0 amide bonds. The molecule has 1 saturated heterocycles. The lowest BCUT2D eigenvalue weighted by atomic mass is 9.92. The number of esters is 1. The van der Waals surface area contributed by atoms with E-state index in [0.29, 0.717) is 67.4 Å². The van der Waals surface area contributed by atoms with E-state index in [9.17, 15) is 4.79 Å². The first-order valence-corrected chi connectivity index (χ1v) is 14.9. The highest BCUT2D eigenvalue weighted by atomic mass is 16.6. The lowest BCUT2D eigenvalue weighted by Crippen LogP contribution is -2.41. The van der Waals surface area contributed by atoms with Crippen LogP contribution in [0.4, 0.5) is 0 Å². The Balaban J connectivity index is 1.28. The van der Waals surface area contributed by atoms with Crippen molar-refractivity contribution in [3.8, 4) is 28.8 Å². The first kappa shape index (κ1) is 29.3. The van der Waals surface area contributed by atoms with Gasteiger partial charge in [-0.15, -0.1) is 0 Å². The van der Waals surface area contributed by atoms with Crippen molar-refractivity contribution in [2.24, 2.45) is 0 Å². The van der Waals surface area contributed by atoms with Crippen molar-refractivity contribution >= 4 is 5.97 Å². The van der Waals surface area contributed by atoms with Crippen LogP contribution in [0.25, 0.3) is 22.9 Å². The van der Waals surface area contributed by atoms with Crippen LogP contribution >= 0.6 is 0 Å². The standard InChI is InChI=1S/C35H35N3O6/c1-4-40-34(39)35(18-11-19-41-35)21-25-16-17-30(36-22-25)44-29(31-24(3)43-33(38-31)27-14-9-6-10-15-27)20-28-23(2)42-32(37-28)26-12-7-5-8-13-26/h5-10,12-17,22,29H,4,11,18-21H2,1-3H3. The molecule has 3 aromatic heterocycles. The summed E-state index contributed by atoms with van der Waals surface area (Å²) >= 11 is 0. The first-order chi connectivity index (χ1) is 21.4. The maximum absolute atomic E-state index is 12.7. The minimum Gasteiger partial charge on any atom is -0.467 e. The van der Waals surface area contributed by atoms with Crippen molar-refractivity contribution in [2.75, 3.05) is 13.2 Å². The number of carbonyl (C=O) groups excluding carboxylic acids is 1. The molecule has 5 aromatic rings. The van der Waals surface area contributed by atoms with Gasteiger partial charge in [-0.25, -0.2) is 19.7 Å². The minimum atomic E-state index is -0.977. The summed E-state index contributed by atoms with van der Waals surface area (Å²) in [4.78, 5) is 27.0. The number of benzene rings is 2.